The molecule has 36 heavy (non-hydrogen) atoms. The van der Waals surface area contributed by atoms with Gasteiger partial charge in [0.05, 0.1) is 23.3 Å². The third kappa shape index (κ3) is 4.91. The number of H-pyrrole nitrogens is 1. The summed E-state index contributed by atoms with van der Waals surface area (Å²) < 4.78 is 7.49. The van der Waals surface area contributed by atoms with E-state index in [4.69, 9.17) is 22.1 Å². The van der Waals surface area contributed by atoms with E-state index in [1.54, 1.807) is 12.1 Å². The Labute approximate surface area is 212 Å². The van der Waals surface area contributed by atoms with Gasteiger partial charge in [-0.1, -0.05) is 17.7 Å². The molecule has 4 aromatic rings. The Morgan fingerprint density at radius 1 is 1.22 bits per heavy atom. The highest BCUT2D eigenvalue weighted by molar-refractivity contribution is 6.30. The van der Waals surface area contributed by atoms with Crippen LogP contribution in [0.2, 0.25) is 5.02 Å². The molecule has 0 aliphatic carbocycles. The van der Waals surface area contributed by atoms with Crippen LogP contribution in [0.3, 0.4) is 0 Å². The maximum atomic E-state index is 13.3. The molecule has 10 nitrogen and oxygen atoms in total. The number of hydrogen-bond donors (Lipinski definition) is 4. The minimum atomic E-state index is -0.821. The lowest BCUT2D eigenvalue weighted by Crippen LogP contribution is -2.30. The van der Waals surface area contributed by atoms with Gasteiger partial charge >= 0.3 is 0 Å². The van der Waals surface area contributed by atoms with Crippen molar-refractivity contribution in [1.82, 2.24) is 24.8 Å². The molecule has 186 valence electrons. The van der Waals surface area contributed by atoms with Gasteiger partial charge in [-0.3, -0.25) is 19.5 Å². The predicted octanol–water partition coefficient (Wildman–Crippen LogP) is 3.44. The molecule has 3 heterocycles. The highest BCUT2D eigenvalue weighted by atomic mass is 35.5. The molecule has 1 saturated heterocycles. The van der Waals surface area contributed by atoms with Crippen molar-refractivity contribution < 1.29 is 14.3 Å². The molecular weight excluding hydrogens is 482 g/mol. The quantitative estimate of drug-likeness (QED) is 0.302. The minimum absolute atomic E-state index is 0.0145. The van der Waals surface area contributed by atoms with E-state index in [2.05, 4.69) is 25.6 Å². The molecule has 2 amide bonds. The summed E-state index contributed by atoms with van der Waals surface area (Å²) in [5.74, 6) is 0.0661. The number of rotatable bonds is 7. The van der Waals surface area contributed by atoms with Gasteiger partial charge in [-0.25, -0.2) is 9.97 Å². The number of imidazole rings is 2. The predicted molar refractivity (Wildman–Crippen MR) is 137 cm³/mol. The van der Waals surface area contributed by atoms with E-state index in [1.165, 1.54) is 10.9 Å². The van der Waals surface area contributed by atoms with Gasteiger partial charge in [0.15, 0.2) is 5.69 Å². The largest absolute Gasteiger partial charge is 0.493 e. The summed E-state index contributed by atoms with van der Waals surface area (Å²) >= 11 is 6.17. The van der Waals surface area contributed by atoms with Crippen LogP contribution in [0.15, 0.2) is 42.7 Å². The molecule has 0 bridgehead atoms. The number of nitrogens with zero attached hydrogens (tertiary/aromatic N) is 3. The Morgan fingerprint density at radius 2 is 2.03 bits per heavy atom. The Bertz CT molecular complexity index is 1440. The van der Waals surface area contributed by atoms with Crippen molar-refractivity contribution in [3.8, 4) is 11.4 Å². The van der Waals surface area contributed by atoms with Crippen LogP contribution in [0.1, 0.15) is 39.4 Å². The number of halogens is 1. The first-order valence-corrected chi connectivity index (χ1v) is 12.0. The molecule has 5 N–H and O–H groups in total. The molecule has 0 spiro atoms. The normalized spacial score (nSPS) is 14.2. The fourth-order valence-electron chi connectivity index (χ4n) is 4.34. The van der Waals surface area contributed by atoms with Gasteiger partial charge in [-0.15, -0.1) is 0 Å². The monoisotopic (exact) mass is 507 g/mol. The van der Waals surface area contributed by atoms with Crippen LogP contribution in [-0.4, -0.2) is 51.0 Å². The maximum Gasteiger partial charge on any atom is 0.277 e. The van der Waals surface area contributed by atoms with Crippen molar-refractivity contribution in [2.45, 2.75) is 19.8 Å². The zero-order chi connectivity index (χ0) is 25.2. The first-order valence-electron chi connectivity index (χ1n) is 11.7. The number of piperidine rings is 1. The van der Waals surface area contributed by atoms with Gasteiger partial charge in [-0.05, 0) is 68.6 Å². The smallest absolute Gasteiger partial charge is 0.277 e. The van der Waals surface area contributed by atoms with Crippen molar-refractivity contribution in [2.24, 2.45) is 11.7 Å². The Morgan fingerprint density at radius 3 is 2.81 bits per heavy atom. The topological polar surface area (TPSA) is 140 Å². The molecule has 1 aliphatic heterocycles. The van der Waals surface area contributed by atoms with Gasteiger partial charge in [0.2, 0.25) is 5.95 Å². The van der Waals surface area contributed by atoms with E-state index >= 15 is 0 Å². The maximum absolute atomic E-state index is 13.3. The van der Waals surface area contributed by atoms with Crippen LogP contribution in [-0.2, 0) is 0 Å². The van der Waals surface area contributed by atoms with E-state index in [-0.39, 0.29) is 17.3 Å². The van der Waals surface area contributed by atoms with Crippen LogP contribution < -0.4 is 21.1 Å². The number of benzene rings is 2. The Kier molecular flexibility index (Phi) is 6.62. The first-order chi connectivity index (χ1) is 17.4. The number of carbonyl (C=O) groups excluding carboxylic acids is 2. The summed E-state index contributed by atoms with van der Waals surface area (Å²) in [6.45, 7) is 4.56. The SMILES string of the molecule is Cc1ccc(Cl)cc1-n1cnc(C(N)=O)c1C(=O)Nc1nc2ccc(OCC3CCNCC3)cc2[nH]1. The number of aryl methyl sites for hydroxylation is 1. The summed E-state index contributed by atoms with van der Waals surface area (Å²) in [7, 11) is 0. The fraction of sp³-hybridized carbons (Fsp3) is 0.280. The van der Waals surface area contributed by atoms with Gasteiger partial charge in [0.25, 0.3) is 11.8 Å². The van der Waals surface area contributed by atoms with Gasteiger partial charge in [0.1, 0.15) is 17.8 Å². The Balaban J connectivity index is 1.38. The molecule has 0 atom stereocenters. The first kappa shape index (κ1) is 23.8. The second kappa shape index (κ2) is 10.00. The summed E-state index contributed by atoms with van der Waals surface area (Å²) in [5, 5.41) is 6.55. The number of hydrogen-bond acceptors (Lipinski definition) is 6. The third-order valence-corrected chi connectivity index (χ3v) is 6.51. The number of anilines is 1. The summed E-state index contributed by atoms with van der Waals surface area (Å²) in [5.41, 5.74) is 8.14. The van der Waals surface area contributed by atoms with Crippen molar-refractivity contribution in [2.75, 3.05) is 25.0 Å². The third-order valence-electron chi connectivity index (χ3n) is 6.28. The van der Waals surface area contributed by atoms with Crippen molar-refractivity contribution >= 4 is 40.4 Å². The van der Waals surface area contributed by atoms with E-state index in [0.717, 1.165) is 37.2 Å². The number of aromatic amines is 1. The zero-order valence-corrected chi connectivity index (χ0v) is 20.4. The summed E-state index contributed by atoms with van der Waals surface area (Å²) in [6, 6.07) is 10.8. The molecule has 2 aromatic carbocycles. The summed E-state index contributed by atoms with van der Waals surface area (Å²) in [6.07, 6.45) is 3.57. The van der Waals surface area contributed by atoms with Crippen LogP contribution in [0.5, 0.6) is 5.75 Å². The second-order valence-electron chi connectivity index (χ2n) is 8.83. The lowest BCUT2D eigenvalue weighted by atomic mass is 9.99. The average molecular weight is 508 g/mol. The molecule has 0 radical (unpaired) electrons. The van der Waals surface area contributed by atoms with Gasteiger partial charge in [0, 0.05) is 11.1 Å². The van der Waals surface area contributed by atoms with E-state index < -0.39 is 11.8 Å². The van der Waals surface area contributed by atoms with Gasteiger partial charge < -0.3 is 20.8 Å². The lowest BCUT2D eigenvalue weighted by Gasteiger charge is -2.22. The van der Waals surface area contributed by atoms with Crippen LogP contribution in [0, 0.1) is 12.8 Å². The van der Waals surface area contributed by atoms with Gasteiger partial charge in [-0.2, -0.15) is 0 Å². The van der Waals surface area contributed by atoms with E-state index in [1.807, 2.05) is 31.2 Å². The van der Waals surface area contributed by atoms with Crippen molar-refractivity contribution in [3.63, 3.8) is 0 Å². The number of ether oxygens (including phenoxy) is 1. The fourth-order valence-corrected chi connectivity index (χ4v) is 4.50. The molecule has 1 aliphatic rings. The standard InChI is InChI=1S/C25H26ClN7O3/c1-14-2-3-16(26)10-20(14)33-13-29-21(23(27)34)22(33)24(35)32-25-30-18-5-4-17(11-19(18)31-25)36-12-15-6-8-28-9-7-15/h2-5,10-11,13,15,28H,6-9,12H2,1H3,(H2,27,34)(H2,30,31,32,35). The molecule has 0 saturated carbocycles. The average Bonchev–Trinajstić information content (AvgIpc) is 3.48. The van der Waals surface area contributed by atoms with E-state index in [9.17, 15) is 9.59 Å². The molecule has 0 unspecified atom stereocenters. The van der Waals surface area contributed by atoms with Crippen molar-refractivity contribution in [3.05, 3.63) is 64.7 Å². The van der Waals surface area contributed by atoms with Crippen LogP contribution in [0.4, 0.5) is 5.95 Å². The number of fused-ring (bicyclic) bond motifs is 1. The van der Waals surface area contributed by atoms with E-state index in [0.29, 0.717) is 34.3 Å². The molecule has 5 rings (SSSR count). The van der Waals surface area contributed by atoms with Crippen LogP contribution in [0.25, 0.3) is 16.7 Å². The number of carbonyl (C=O) groups is 2. The Hall–Kier alpha value is -3.89. The molecular formula is C25H26ClN7O3. The molecule has 11 heteroatoms. The second-order valence-corrected chi connectivity index (χ2v) is 9.27. The summed E-state index contributed by atoms with van der Waals surface area (Å²) in [4.78, 5) is 36.9. The highest BCUT2D eigenvalue weighted by Crippen LogP contribution is 2.25. The lowest BCUT2D eigenvalue weighted by molar-refractivity contribution is 0.0970. The zero-order valence-electron chi connectivity index (χ0n) is 19.7. The molecule has 2 aromatic heterocycles. The van der Waals surface area contributed by atoms with Crippen LogP contribution >= 0.6 is 11.6 Å². The number of nitrogens with one attached hydrogen (secondary N) is 3. The number of primary amides is 1. The molecule has 1 fully saturated rings. The highest BCUT2D eigenvalue weighted by Gasteiger charge is 2.25. The minimum Gasteiger partial charge on any atom is -0.493 e. The number of aromatic nitrogens is 4. The number of nitrogens with two attached hydrogens (primary N) is 1. The number of amides is 2. The van der Waals surface area contributed by atoms with Crippen molar-refractivity contribution in [1.29, 1.82) is 0 Å².